The van der Waals surface area contributed by atoms with E-state index in [0.29, 0.717) is 22.1 Å². The maximum Gasteiger partial charge on any atom is 0.334 e. The van der Waals surface area contributed by atoms with E-state index in [1.807, 2.05) is 30.3 Å². The molecular formula is C46H43FN6O6S. The molecule has 0 saturated carbocycles. The van der Waals surface area contributed by atoms with Crippen molar-refractivity contribution in [3.8, 4) is 17.0 Å². The molecule has 306 valence electrons. The van der Waals surface area contributed by atoms with Gasteiger partial charge < -0.3 is 20.2 Å². The molecule has 2 aliphatic rings. The number of urea groups is 1. The first-order chi connectivity index (χ1) is 29.0. The van der Waals surface area contributed by atoms with E-state index in [4.69, 9.17) is 0 Å². The maximum atomic E-state index is 15.7. The van der Waals surface area contributed by atoms with Crippen LogP contribution in [-0.2, 0) is 39.1 Å². The molecule has 2 N–H and O–H groups in total. The third-order valence-electron chi connectivity index (χ3n) is 11.1. The minimum absolute atomic E-state index is 0.00636. The minimum atomic E-state index is -4.37. The number of phenols is 1. The Labute approximate surface area is 347 Å². The molecule has 5 aromatic carbocycles. The number of aromatic nitrogens is 1. The van der Waals surface area contributed by atoms with Gasteiger partial charge >= 0.3 is 6.03 Å². The molecule has 2 atom stereocenters. The largest absolute Gasteiger partial charge is 0.508 e. The Hall–Kier alpha value is -6.77. The second kappa shape index (κ2) is 16.5. The van der Waals surface area contributed by atoms with E-state index in [1.54, 1.807) is 77.5 Å². The van der Waals surface area contributed by atoms with Gasteiger partial charge in [-0.1, -0.05) is 97.1 Å². The van der Waals surface area contributed by atoms with Crippen molar-refractivity contribution in [2.75, 3.05) is 19.6 Å². The first-order valence-corrected chi connectivity index (χ1v) is 20.9. The highest BCUT2D eigenvalue weighted by Crippen LogP contribution is 2.40. The molecule has 0 bridgehead atoms. The van der Waals surface area contributed by atoms with Crippen molar-refractivity contribution in [2.24, 2.45) is 0 Å². The number of aryl methyl sites for hydroxylation is 1. The number of amides is 4. The van der Waals surface area contributed by atoms with Gasteiger partial charge in [-0.2, -0.15) is 0 Å². The Morgan fingerprint density at radius 3 is 2.27 bits per heavy atom. The summed E-state index contributed by atoms with van der Waals surface area (Å²) >= 11 is 0. The summed E-state index contributed by atoms with van der Waals surface area (Å²) < 4.78 is 46.5. The number of hydrazine groups is 1. The quantitative estimate of drug-likeness (QED) is 0.144. The third kappa shape index (κ3) is 7.39. The molecule has 1 aromatic heterocycles. The van der Waals surface area contributed by atoms with Crippen LogP contribution in [0.5, 0.6) is 5.75 Å². The van der Waals surface area contributed by atoms with Crippen molar-refractivity contribution in [1.82, 2.24) is 29.1 Å². The van der Waals surface area contributed by atoms with E-state index >= 15 is 4.39 Å². The zero-order valence-electron chi connectivity index (χ0n) is 32.8. The number of piperazine rings is 1. The second-order valence-corrected chi connectivity index (χ2v) is 16.6. The normalized spacial score (nSPS) is 17.2. The topological polar surface area (TPSA) is 136 Å². The fraction of sp³-hybridized carbons (Fsp3) is 0.196. The Bertz CT molecular complexity index is 2710. The van der Waals surface area contributed by atoms with E-state index < -0.39 is 40.0 Å². The van der Waals surface area contributed by atoms with E-state index in [2.05, 4.69) is 11.9 Å². The van der Waals surface area contributed by atoms with Crippen LogP contribution in [0.1, 0.15) is 22.3 Å². The van der Waals surface area contributed by atoms with Crippen LogP contribution in [0.4, 0.5) is 9.18 Å². The van der Waals surface area contributed by atoms with Gasteiger partial charge in [0.15, 0.2) is 0 Å². The summed E-state index contributed by atoms with van der Waals surface area (Å²) in [7, 11) is -4.37. The van der Waals surface area contributed by atoms with Gasteiger partial charge in [-0.15, -0.1) is 6.58 Å². The highest BCUT2D eigenvalue weighted by atomic mass is 32.2. The van der Waals surface area contributed by atoms with Crippen LogP contribution in [0.2, 0.25) is 0 Å². The number of nitrogens with one attached hydrogen (secondary N) is 1. The van der Waals surface area contributed by atoms with Gasteiger partial charge in [0.1, 0.15) is 23.8 Å². The lowest BCUT2D eigenvalue weighted by Crippen LogP contribution is -2.76. The molecule has 6 aromatic rings. The van der Waals surface area contributed by atoms with Crippen LogP contribution in [0, 0.1) is 12.7 Å². The van der Waals surface area contributed by atoms with Crippen molar-refractivity contribution in [3.05, 3.63) is 168 Å². The molecule has 60 heavy (non-hydrogen) atoms. The van der Waals surface area contributed by atoms with E-state index in [0.717, 1.165) is 5.56 Å². The summed E-state index contributed by atoms with van der Waals surface area (Å²) in [5.74, 6) is -1.34. The number of halogens is 1. The smallest absolute Gasteiger partial charge is 0.334 e. The summed E-state index contributed by atoms with van der Waals surface area (Å²) in [5, 5.41) is 16.6. The number of carbonyl (C=O) groups excluding carboxylic acids is 3. The number of aromatic hydroxyl groups is 1. The lowest BCUT2D eigenvalue weighted by molar-refractivity contribution is -0.189. The number of hydrogen-bond donors (Lipinski definition) is 2. The predicted octanol–water partition coefficient (Wildman–Crippen LogP) is 6.44. The molecule has 4 amide bonds. The fourth-order valence-electron chi connectivity index (χ4n) is 8.32. The Balaban J connectivity index is 1.26. The van der Waals surface area contributed by atoms with Gasteiger partial charge in [0.2, 0.25) is 11.8 Å². The Morgan fingerprint density at radius 2 is 1.57 bits per heavy atom. The third-order valence-corrected chi connectivity index (χ3v) is 12.8. The number of para-hydroxylation sites is 1. The Morgan fingerprint density at radius 1 is 0.883 bits per heavy atom. The molecule has 8 rings (SSSR count). The van der Waals surface area contributed by atoms with Crippen LogP contribution < -0.4 is 5.32 Å². The van der Waals surface area contributed by atoms with Gasteiger partial charge in [-0.3, -0.25) is 9.59 Å². The van der Waals surface area contributed by atoms with Gasteiger partial charge in [-0.25, -0.2) is 31.6 Å². The number of carbonyl (C=O) groups is 3. The summed E-state index contributed by atoms with van der Waals surface area (Å²) in [4.78, 5) is 46.4. The van der Waals surface area contributed by atoms with Gasteiger partial charge in [-0.05, 0) is 65.6 Å². The summed E-state index contributed by atoms with van der Waals surface area (Å²) in [6, 6.07) is 33.3. The van der Waals surface area contributed by atoms with Gasteiger partial charge in [0, 0.05) is 37.0 Å². The summed E-state index contributed by atoms with van der Waals surface area (Å²) in [6.07, 6.45) is 0.687. The number of rotatable bonds is 11. The highest BCUT2D eigenvalue weighted by molar-refractivity contribution is 7.90. The van der Waals surface area contributed by atoms with E-state index in [-0.39, 0.29) is 72.5 Å². The minimum Gasteiger partial charge on any atom is -0.508 e. The lowest BCUT2D eigenvalue weighted by atomic mass is 9.98. The molecule has 0 aliphatic carbocycles. The van der Waals surface area contributed by atoms with E-state index in [1.165, 1.54) is 56.3 Å². The molecule has 3 heterocycles. The molecule has 2 saturated heterocycles. The summed E-state index contributed by atoms with van der Waals surface area (Å²) in [6.45, 7) is 5.54. The average Bonchev–Trinajstić information content (AvgIpc) is 3.56. The number of fused-ring (bicyclic) bond motifs is 2. The number of benzene rings is 5. The molecule has 12 nitrogen and oxygen atoms in total. The first-order valence-electron chi connectivity index (χ1n) is 19.5. The predicted molar refractivity (Wildman–Crippen MR) is 225 cm³/mol. The Kier molecular flexibility index (Phi) is 11.0. The van der Waals surface area contributed by atoms with Crippen LogP contribution in [-0.4, -0.2) is 87.0 Å². The molecule has 0 spiro atoms. The molecule has 0 radical (unpaired) electrons. The number of phenolic OH excluding ortho intramolecular Hbond substituents is 1. The van der Waals surface area contributed by atoms with Crippen LogP contribution >= 0.6 is 0 Å². The molecular weight excluding hydrogens is 784 g/mol. The monoisotopic (exact) mass is 826 g/mol. The average molecular weight is 827 g/mol. The zero-order valence-corrected chi connectivity index (χ0v) is 33.6. The standard InChI is InChI=1S/C46H43FN6O6S/c1-3-25-50-30-42(55)51-40(26-32-21-23-35(54)24-22-32)45(56)49(29-41(51)52(50)46(57)48-27-33-13-6-4-7-14-33)28-34-15-12-19-37-31(2)43(38-18-10-11-20-39(38)47)53(44(34)37)60(58,59)36-16-8-5-9-17-36/h3-24,40-41,54H,1,25-30H2,2H3,(H,48,57). The summed E-state index contributed by atoms with van der Waals surface area (Å²) in [5.41, 5.74) is 3.03. The highest BCUT2D eigenvalue weighted by Gasteiger charge is 2.51. The van der Waals surface area contributed by atoms with Crippen LogP contribution in [0.25, 0.3) is 22.2 Å². The molecule has 2 fully saturated rings. The SMILES string of the molecule is C=CCN1CC(=O)N2C(Cc3ccc(O)cc3)C(=O)N(Cc3cccc4c(C)c(-c5ccccc5F)n(S(=O)(=O)c5ccccc5)c34)CC2N1C(=O)NCc1ccccc1. The van der Waals surface area contributed by atoms with E-state index in [9.17, 15) is 27.9 Å². The zero-order chi connectivity index (χ0) is 42.1. The second-order valence-electron chi connectivity index (χ2n) is 14.9. The van der Waals surface area contributed by atoms with Crippen molar-refractivity contribution in [2.45, 2.75) is 43.5 Å². The lowest BCUT2D eigenvalue weighted by Gasteiger charge is -2.55. The van der Waals surface area contributed by atoms with Crippen molar-refractivity contribution < 1.29 is 32.3 Å². The number of hydrogen-bond acceptors (Lipinski definition) is 7. The molecule has 14 heteroatoms. The van der Waals surface area contributed by atoms with Crippen LogP contribution in [0.3, 0.4) is 0 Å². The fourth-order valence-corrected chi connectivity index (χ4v) is 9.96. The van der Waals surface area contributed by atoms with Crippen molar-refractivity contribution >= 4 is 38.8 Å². The van der Waals surface area contributed by atoms with Gasteiger partial charge in [0.25, 0.3) is 10.0 Å². The van der Waals surface area contributed by atoms with Crippen molar-refractivity contribution in [3.63, 3.8) is 0 Å². The van der Waals surface area contributed by atoms with Crippen LogP contribution in [0.15, 0.2) is 145 Å². The van der Waals surface area contributed by atoms with Crippen molar-refractivity contribution in [1.29, 1.82) is 0 Å². The first kappa shape index (κ1) is 40.0. The molecule has 2 aliphatic heterocycles. The maximum absolute atomic E-state index is 15.7. The van der Waals surface area contributed by atoms with Gasteiger partial charge in [0.05, 0.1) is 29.2 Å². The number of nitrogens with zero attached hydrogens (tertiary/aromatic N) is 5. The molecule has 2 unspecified atom stereocenters.